The Kier molecular flexibility index (Phi) is 9.98. The van der Waals surface area contributed by atoms with Crippen LogP contribution in [0.4, 0.5) is 13.2 Å². The SMILES string of the molecule is COC1CNC(Cl)CC1C1CC(C)NCC1C(=O)NC1NC2CN(C(=O)C3NCC(C(F)(F)F)C(OC)N3)CC2S1. The van der Waals surface area contributed by atoms with Crippen molar-refractivity contribution in [1.29, 1.82) is 0 Å². The number of likely N-dealkylation sites (tertiary alicyclic amines) is 1. The van der Waals surface area contributed by atoms with Crippen LogP contribution in [0.15, 0.2) is 0 Å². The van der Waals surface area contributed by atoms with Gasteiger partial charge in [-0.2, -0.15) is 13.2 Å². The van der Waals surface area contributed by atoms with Gasteiger partial charge in [0.15, 0.2) is 0 Å². The van der Waals surface area contributed by atoms with Crippen molar-refractivity contribution in [3.05, 3.63) is 0 Å². The third-order valence-corrected chi connectivity index (χ3v) is 10.9. The number of thioether (sulfide) groups is 1. The summed E-state index contributed by atoms with van der Waals surface area (Å²) in [5, 5.41) is 18.7. The number of nitrogens with one attached hydrogen (secondary N) is 6. The average Bonchev–Trinajstić information content (AvgIpc) is 3.50. The number of ether oxygens (including phenoxy) is 2. The fourth-order valence-electron chi connectivity index (χ4n) is 7.00. The van der Waals surface area contributed by atoms with Crippen LogP contribution >= 0.6 is 23.4 Å². The minimum absolute atomic E-state index is 0.0101. The first-order chi connectivity index (χ1) is 19.5. The van der Waals surface area contributed by atoms with Crippen molar-refractivity contribution >= 4 is 35.2 Å². The molecule has 0 aromatic rings. The topological polar surface area (TPSA) is 128 Å². The van der Waals surface area contributed by atoms with Gasteiger partial charge in [0.25, 0.3) is 5.91 Å². The fourth-order valence-corrected chi connectivity index (χ4v) is 8.70. The molecule has 0 saturated carbocycles. The van der Waals surface area contributed by atoms with E-state index in [0.29, 0.717) is 32.2 Å². The summed E-state index contributed by atoms with van der Waals surface area (Å²) in [6.45, 7) is 3.79. The van der Waals surface area contributed by atoms with Gasteiger partial charge in [-0.25, -0.2) is 0 Å². The van der Waals surface area contributed by atoms with Crippen molar-refractivity contribution in [2.24, 2.45) is 23.7 Å². The number of rotatable bonds is 6. The van der Waals surface area contributed by atoms with E-state index in [1.165, 1.54) is 7.11 Å². The van der Waals surface area contributed by atoms with E-state index in [4.69, 9.17) is 21.1 Å². The van der Waals surface area contributed by atoms with Crippen LogP contribution in [0, 0.1) is 23.7 Å². The van der Waals surface area contributed by atoms with Gasteiger partial charge in [0.1, 0.15) is 23.8 Å². The van der Waals surface area contributed by atoms with E-state index < -0.39 is 31.0 Å². The summed E-state index contributed by atoms with van der Waals surface area (Å²) in [5.41, 5.74) is -0.444. The number of halogens is 4. The molecule has 5 aliphatic rings. The number of piperidine rings is 2. The molecule has 0 radical (unpaired) electrons. The van der Waals surface area contributed by atoms with E-state index in [0.717, 1.165) is 12.8 Å². The molecule has 2 amide bonds. The molecule has 0 aromatic heterocycles. The smallest absolute Gasteiger partial charge is 0.380 e. The van der Waals surface area contributed by atoms with Crippen LogP contribution in [-0.4, -0.2) is 117 Å². The van der Waals surface area contributed by atoms with Crippen LogP contribution in [-0.2, 0) is 19.1 Å². The van der Waals surface area contributed by atoms with Crippen molar-refractivity contribution in [3.8, 4) is 0 Å². The summed E-state index contributed by atoms with van der Waals surface area (Å²) >= 11 is 8.01. The molecule has 234 valence electrons. The molecule has 5 saturated heterocycles. The van der Waals surface area contributed by atoms with Crippen molar-refractivity contribution in [3.63, 3.8) is 0 Å². The number of hydrogen-bond donors (Lipinski definition) is 6. The predicted octanol–water partition coefficient (Wildman–Crippen LogP) is -0.224. The second-order valence-electron chi connectivity index (χ2n) is 11.8. The lowest BCUT2D eigenvalue weighted by atomic mass is 9.70. The molecule has 0 spiro atoms. The zero-order chi connectivity index (χ0) is 29.5. The van der Waals surface area contributed by atoms with Gasteiger partial charge < -0.3 is 25.0 Å². The molecule has 5 heterocycles. The molecule has 5 rings (SSSR count). The van der Waals surface area contributed by atoms with E-state index in [1.807, 2.05) is 0 Å². The number of methoxy groups -OCH3 is 2. The van der Waals surface area contributed by atoms with Crippen LogP contribution in [0.5, 0.6) is 0 Å². The maximum Gasteiger partial charge on any atom is 0.396 e. The Balaban J connectivity index is 1.14. The first kappa shape index (κ1) is 31.5. The number of carbonyl (C=O) groups is 2. The Hall–Kier alpha value is -0.910. The lowest BCUT2D eigenvalue weighted by molar-refractivity contribution is -0.216. The third kappa shape index (κ3) is 6.93. The summed E-state index contributed by atoms with van der Waals surface area (Å²) in [7, 11) is 2.90. The number of carbonyl (C=O) groups excluding carboxylic acids is 2. The Labute approximate surface area is 247 Å². The van der Waals surface area contributed by atoms with Gasteiger partial charge in [-0.15, -0.1) is 23.4 Å². The molecule has 12 atom stereocenters. The summed E-state index contributed by atoms with van der Waals surface area (Å²) in [4.78, 5) is 28.4. The largest absolute Gasteiger partial charge is 0.396 e. The van der Waals surface area contributed by atoms with E-state index in [9.17, 15) is 22.8 Å². The summed E-state index contributed by atoms with van der Waals surface area (Å²) in [6.07, 6.45) is -5.13. The summed E-state index contributed by atoms with van der Waals surface area (Å²) < 4.78 is 50.6. The molecule has 0 aliphatic carbocycles. The minimum atomic E-state index is -4.45. The molecule has 11 nitrogen and oxygen atoms in total. The average molecular weight is 628 g/mol. The van der Waals surface area contributed by atoms with Crippen molar-refractivity contribution in [1.82, 2.24) is 36.8 Å². The lowest BCUT2D eigenvalue weighted by Crippen LogP contribution is -2.66. The van der Waals surface area contributed by atoms with Crippen molar-refractivity contribution in [2.75, 3.05) is 46.9 Å². The Morgan fingerprint density at radius 1 is 1.00 bits per heavy atom. The van der Waals surface area contributed by atoms with Crippen LogP contribution in [0.1, 0.15) is 19.8 Å². The molecular weight excluding hydrogens is 587 g/mol. The fraction of sp³-hybridized carbons (Fsp3) is 0.920. The predicted molar refractivity (Wildman–Crippen MR) is 148 cm³/mol. The summed E-state index contributed by atoms with van der Waals surface area (Å²) in [5.74, 6) is -2.02. The standard InChI is InChI=1S/C25H41ClF3N7O4S/c1-11-4-12(13-5-19(26)31-8-17(13)39-2)14(6-30-11)21(37)35-24-33-16-9-36(10-18(16)41-24)23(38)20-32-7-15(25(27,28)29)22(34-20)40-3/h11-20,22,24,30-34H,4-10H2,1-3H3,(H,35,37). The minimum Gasteiger partial charge on any atom is -0.380 e. The van der Waals surface area contributed by atoms with Gasteiger partial charge in [-0.3, -0.25) is 30.9 Å². The highest BCUT2D eigenvalue weighted by molar-refractivity contribution is 8.00. The van der Waals surface area contributed by atoms with Crippen LogP contribution < -0.4 is 31.9 Å². The number of alkyl halides is 4. The molecule has 16 heteroatoms. The van der Waals surface area contributed by atoms with Gasteiger partial charge in [0.05, 0.1) is 17.5 Å². The van der Waals surface area contributed by atoms with Crippen LogP contribution in [0.25, 0.3) is 0 Å². The first-order valence-corrected chi connectivity index (χ1v) is 15.6. The lowest BCUT2D eigenvalue weighted by Gasteiger charge is -2.45. The van der Waals surface area contributed by atoms with Crippen molar-refractivity contribution < 1.29 is 32.2 Å². The van der Waals surface area contributed by atoms with Crippen LogP contribution in [0.3, 0.4) is 0 Å². The van der Waals surface area contributed by atoms with Gasteiger partial charge in [-0.1, -0.05) is 0 Å². The van der Waals surface area contributed by atoms with Gasteiger partial charge >= 0.3 is 6.18 Å². The number of hydrogen-bond acceptors (Lipinski definition) is 10. The number of fused-ring (bicyclic) bond motifs is 1. The van der Waals surface area contributed by atoms with E-state index in [1.54, 1.807) is 23.8 Å². The quantitative estimate of drug-likeness (QED) is 0.174. The monoisotopic (exact) mass is 627 g/mol. The van der Waals surface area contributed by atoms with Gasteiger partial charge in [0, 0.05) is 64.3 Å². The Bertz CT molecular complexity index is 943. The first-order valence-electron chi connectivity index (χ1n) is 14.2. The highest BCUT2D eigenvalue weighted by Gasteiger charge is 2.51. The highest BCUT2D eigenvalue weighted by atomic mass is 35.5. The second-order valence-corrected chi connectivity index (χ2v) is 13.6. The van der Waals surface area contributed by atoms with Gasteiger partial charge in [-0.05, 0) is 31.6 Å². The molecule has 41 heavy (non-hydrogen) atoms. The normalized spacial score (nSPS) is 43.5. The zero-order valence-corrected chi connectivity index (χ0v) is 25.0. The summed E-state index contributed by atoms with van der Waals surface area (Å²) in [6, 6.07) is 0.248. The van der Waals surface area contributed by atoms with Crippen molar-refractivity contribution in [2.45, 2.75) is 72.8 Å². The number of amides is 2. The van der Waals surface area contributed by atoms with Crippen LogP contribution in [0.2, 0.25) is 0 Å². The van der Waals surface area contributed by atoms with Gasteiger partial charge in [0.2, 0.25) is 5.91 Å². The zero-order valence-electron chi connectivity index (χ0n) is 23.4. The molecule has 6 N–H and O–H groups in total. The Morgan fingerprint density at radius 2 is 1.78 bits per heavy atom. The highest BCUT2D eigenvalue weighted by Crippen LogP contribution is 2.39. The number of nitrogens with zero attached hydrogens (tertiary/aromatic N) is 1. The van der Waals surface area contributed by atoms with E-state index >= 15 is 0 Å². The maximum absolute atomic E-state index is 13.6. The maximum atomic E-state index is 13.6. The third-order valence-electron chi connectivity index (χ3n) is 9.20. The Morgan fingerprint density at radius 3 is 2.46 bits per heavy atom. The second kappa shape index (κ2) is 13.0. The van der Waals surface area contributed by atoms with E-state index in [2.05, 4.69) is 38.8 Å². The molecule has 5 aliphatic heterocycles. The molecule has 5 fully saturated rings. The molecule has 12 unspecified atom stereocenters. The molecule has 0 bridgehead atoms. The molecular formula is C25H41ClF3N7O4S. The van der Waals surface area contributed by atoms with E-state index in [-0.39, 0.29) is 58.0 Å². The molecule has 0 aromatic carbocycles.